The Kier molecular flexibility index (Phi) is 5.06. The summed E-state index contributed by atoms with van der Waals surface area (Å²) in [6.45, 7) is -0.0312. The Balaban J connectivity index is 1.79. The fourth-order valence-electron chi connectivity index (χ4n) is 2.71. The van der Waals surface area contributed by atoms with E-state index in [1.807, 2.05) is 0 Å². The minimum absolute atomic E-state index is 0.0581. The molecule has 0 amide bonds. The number of alkyl halides is 3. The average molecular weight is 415 g/mol. The maximum atomic E-state index is 13.8. The highest BCUT2D eigenvalue weighted by atomic mass is 35.5. The number of halogens is 8. The van der Waals surface area contributed by atoms with Gasteiger partial charge in [0.1, 0.15) is 11.5 Å². The summed E-state index contributed by atoms with van der Waals surface area (Å²) in [7, 11) is 0. The van der Waals surface area contributed by atoms with Gasteiger partial charge in [-0.3, -0.25) is 0 Å². The molecule has 1 saturated heterocycles. The van der Waals surface area contributed by atoms with Gasteiger partial charge in [-0.25, -0.2) is 4.98 Å². The number of rotatable bonds is 2. The molecule has 4 nitrogen and oxygen atoms in total. The van der Waals surface area contributed by atoms with Gasteiger partial charge >= 0.3 is 6.18 Å². The van der Waals surface area contributed by atoms with E-state index in [-0.39, 0.29) is 37.0 Å². The zero-order chi connectivity index (χ0) is 19.9. The highest BCUT2D eigenvalue weighted by Crippen LogP contribution is 2.34. The van der Waals surface area contributed by atoms with Crippen LogP contribution in [0.25, 0.3) is 0 Å². The molecule has 0 unspecified atom stereocenters. The number of hydrogen-bond donors (Lipinski definition) is 0. The van der Waals surface area contributed by atoms with Crippen LogP contribution < -0.4 is 9.80 Å². The molecular formula is C15H10ClF7N4. The first-order valence-electron chi connectivity index (χ1n) is 7.52. The summed E-state index contributed by atoms with van der Waals surface area (Å²) >= 11 is 5.87. The second-order valence-corrected chi connectivity index (χ2v) is 6.08. The van der Waals surface area contributed by atoms with Gasteiger partial charge in [-0.1, -0.05) is 11.6 Å². The van der Waals surface area contributed by atoms with Crippen LogP contribution in [0.2, 0.25) is 5.02 Å². The molecule has 0 spiro atoms. The lowest BCUT2D eigenvalue weighted by molar-refractivity contribution is -0.137. The monoisotopic (exact) mass is 414 g/mol. The molecule has 3 rings (SSSR count). The second kappa shape index (κ2) is 7.02. The molecule has 1 aliphatic heterocycles. The molecule has 1 fully saturated rings. The molecule has 27 heavy (non-hydrogen) atoms. The normalized spacial score (nSPS) is 15.4. The van der Waals surface area contributed by atoms with E-state index >= 15 is 0 Å². The number of anilines is 2. The molecule has 0 radical (unpaired) electrons. The number of hydrogen-bond acceptors (Lipinski definition) is 4. The van der Waals surface area contributed by atoms with Gasteiger partial charge in [0.05, 0.1) is 10.6 Å². The molecule has 0 saturated carbocycles. The van der Waals surface area contributed by atoms with Crippen molar-refractivity contribution in [2.24, 2.45) is 0 Å². The topological polar surface area (TPSA) is 32.3 Å². The lowest BCUT2D eigenvalue weighted by atomic mass is 10.2. The third-order valence-corrected chi connectivity index (χ3v) is 4.30. The zero-order valence-electron chi connectivity index (χ0n) is 13.3. The Morgan fingerprint density at radius 1 is 0.889 bits per heavy atom. The second-order valence-electron chi connectivity index (χ2n) is 5.67. The molecule has 0 atom stereocenters. The Hall–Kier alpha value is -2.30. The summed E-state index contributed by atoms with van der Waals surface area (Å²) in [5, 5.41) is -0.239. The van der Waals surface area contributed by atoms with Crippen LogP contribution in [0.1, 0.15) is 5.56 Å². The molecule has 0 aromatic carbocycles. The first-order valence-corrected chi connectivity index (χ1v) is 7.90. The van der Waals surface area contributed by atoms with Crippen LogP contribution in [0.15, 0.2) is 12.3 Å². The minimum atomic E-state index is -4.60. The van der Waals surface area contributed by atoms with Gasteiger partial charge in [0.25, 0.3) is 11.9 Å². The number of aromatic nitrogens is 2. The predicted molar refractivity (Wildman–Crippen MR) is 82.7 cm³/mol. The number of nitrogens with zero attached hydrogens (tertiary/aromatic N) is 4. The summed E-state index contributed by atoms with van der Waals surface area (Å²) in [6.07, 6.45) is -3.97. The van der Waals surface area contributed by atoms with Crippen molar-refractivity contribution in [1.29, 1.82) is 0 Å². The van der Waals surface area contributed by atoms with Gasteiger partial charge < -0.3 is 9.80 Å². The molecular weight excluding hydrogens is 405 g/mol. The van der Waals surface area contributed by atoms with E-state index in [1.54, 1.807) is 0 Å². The van der Waals surface area contributed by atoms with Crippen molar-refractivity contribution in [2.45, 2.75) is 6.18 Å². The van der Waals surface area contributed by atoms with Crippen molar-refractivity contribution in [3.05, 3.63) is 46.4 Å². The van der Waals surface area contributed by atoms with Gasteiger partial charge in [0.15, 0.2) is 0 Å². The fourth-order valence-corrected chi connectivity index (χ4v) is 3.00. The van der Waals surface area contributed by atoms with Crippen molar-refractivity contribution in [2.75, 3.05) is 36.0 Å². The number of piperazine rings is 1. The molecule has 2 aromatic rings. The smallest absolute Gasteiger partial charge is 0.363 e. The maximum Gasteiger partial charge on any atom is 0.417 e. The SMILES string of the molecule is Fc1nc(F)c(F)c(N2CCN(c3ncc(C(F)(F)F)cc3Cl)CC2)c1F. The minimum Gasteiger partial charge on any atom is -0.363 e. The first-order chi connectivity index (χ1) is 12.6. The summed E-state index contributed by atoms with van der Waals surface area (Å²) in [5.41, 5.74) is -1.90. The van der Waals surface area contributed by atoms with E-state index < -0.39 is 41.0 Å². The van der Waals surface area contributed by atoms with E-state index in [0.717, 1.165) is 11.0 Å². The Morgan fingerprint density at radius 2 is 1.41 bits per heavy atom. The van der Waals surface area contributed by atoms with Crippen LogP contribution in [0.4, 0.5) is 42.2 Å². The van der Waals surface area contributed by atoms with Crippen LogP contribution in [-0.2, 0) is 6.18 Å². The predicted octanol–water partition coefficient (Wildman–Crippen LogP) is 4.03. The summed E-state index contributed by atoms with van der Waals surface area (Å²) in [5.74, 6) is -6.70. The molecule has 0 bridgehead atoms. The van der Waals surface area contributed by atoms with Crippen LogP contribution in [-0.4, -0.2) is 36.1 Å². The van der Waals surface area contributed by atoms with Crippen molar-refractivity contribution in [3.8, 4) is 0 Å². The van der Waals surface area contributed by atoms with Crippen LogP contribution in [0.5, 0.6) is 0 Å². The molecule has 0 N–H and O–H groups in total. The Labute approximate surface area is 153 Å². The van der Waals surface area contributed by atoms with E-state index in [2.05, 4.69) is 9.97 Å². The van der Waals surface area contributed by atoms with Gasteiger partial charge in [-0.2, -0.15) is 35.7 Å². The highest BCUT2D eigenvalue weighted by molar-refractivity contribution is 6.33. The third kappa shape index (κ3) is 3.73. The van der Waals surface area contributed by atoms with Gasteiger partial charge in [0.2, 0.25) is 11.6 Å². The number of pyridine rings is 2. The van der Waals surface area contributed by atoms with Gasteiger partial charge in [-0.05, 0) is 6.07 Å². The Morgan fingerprint density at radius 3 is 1.89 bits per heavy atom. The van der Waals surface area contributed by atoms with Crippen LogP contribution in [0, 0.1) is 23.5 Å². The van der Waals surface area contributed by atoms with E-state index in [9.17, 15) is 30.7 Å². The standard InChI is InChI=1S/C15H10ClF7N4/c16-8-5-7(15(21,22)23)6-24-14(8)27-3-1-26(2-4-27)11-9(17)12(19)25-13(20)10(11)18/h5-6H,1-4H2. The van der Waals surface area contributed by atoms with Crippen molar-refractivity contribution in [3.63, 3.8) is 0 Å². The van der Waals surface area contributed by atoms with Crippen molar-refractivity contribution in [1.82, 2.24) is 9.97 Å². The molecule has 1 aliphatic rings. The molecule has 0 aliphatic carbocycles. The summed E-state index contributed by atoms with van der Waals surface area (Å²) in [4.78, 5) is 8.78. The van der Waals surface area contributed by atoms with E-state index in [4.69, 9.17) is 11.6 Å². The van der Waals surface area contributed by atoms with Crippen LogP contribution >= 0.6 is 11.6 Å². The summed E-state index contributed by atoms with van der Waals surface area (Å²) < 4.78 is 92.2. The lowest BCUT2D eigenvalue weighted by Gasteiger charge is -2.37. The van der Waals surface area contributed by atoms with Gasteiger partial charge in [0, 0.05) is 32.4 Å². The van der Waals surface area contributed by atoms with Crippen molar-refractivity contribution < 1.29 is 30.7 Å². The fraction of sp³-hybridized carbons (Fsp3) is 0.333. The quantitative estimate of drug-likeness (QED) is 0.548. The summed E-state index contributed by atoms with van der Waals surface area (Å²) in [6, 6.07) is 0.725. The molecule has 3 heterocycles. The molecule has 12 heteroatoms. The van der Waals surface area contributed by atoms with Crippen molar-refractivity contribution >= 4 is 23.1 Å². The molecule has 146 valence electrons. The highest BCUT2D eigenvalue weighted by Gasteiger charge is 2.33. The molecule has 2 aromatic heterocycles. The first kappa shape index (κ1) is 19.5. The van der Waals surface area contributed by atoms with Crippen LogP contribution in [0.3, 0.4) is 0 Å². The zero-order valence-corrected chi connectivity index (χ0v) is 14.1. The Bertz CT molecular complexity index is 840. The average Bonchev–Trinajstić information content (AvgIpc) is 2.60. The largest absolute Gasteiger partial charge is 0.417 e. The maximum absolute atomic E-state index is 13.8. The third-order valence-electron chi connectivity index (χ3n) is 4.02. The van der Waals surface area contributed by atoms with Gasteiger partial charge in [-0.15, -0.1) is 0 Å². The lowest BCUT2D eigenvalue weighted by Crippen LogP contribution is -2.47. The van der Waals surface area contributed by atoms with E-state index in [0.29, 0.717) is 6.20 Å². The van der Waals surface area contributed by atoms with E-state index in [1.165, 1.54) is 4.90 Å².